The molecule has 0 saturated carbocycles. The smallest absolute Gasteiger partial charge is 0.247 e. The number of hydrogen-bond acceptors (Lipinski definition) is 6. The van der Waals surface area contributed by atoms with E-state index in [-0.39, 0.29) is 29.2 Å². The highest BCUT2D eigenvalue weighted by molar-refractivity contribution is 8.14. The molecule has 3 rings (SSSR count). The molecule has 0 bridgehead atoms. The number of phenols is 1. The molecule has 1 heterocycles. The number of phenolic OH excluding ortho intramolecular Hbond substituents is 1. The molecule has 3 N–H and O–H groups in total. The van der Waals surface area contributed by atoms with Crippen LogP contribution in [0.1, 0.15) is 17.5 Å². The Labute approximate surface area is 160 Å². The molecule has 0 spiro atoms. The summed E-state index contributed by atoms with van der Waals surface area (Å²) in [6.07, 6.45) is 1.42. The summed E-state index contributed by atoms with van der Waals surface area (Å²) in [6, 6.07) is 13.9. The van der Waals surface area contributed by atoms with Gasteiger partial charge in [0.15, 0.2) is 5.17 Å². The lowest BCUT2D eigenvalue weighted by molar-refractivity contribution is -0.121. The zero-order valence-electron chi connectivity index (χ0n) is 14.6. The summed E-state index contributed by atoms with van der Waals surface area (Å²) < 4.78 is 0. The van der Waals surface area contributed by atoms with Crippen LogP contribution >= 0.6 is 11.8 Å². The fourth-order valence-corrected chi connectivity index (χ4v) is 3.50. The van der Waals surface area contributed by atoms with E-state index < -0.39 is 5.25 Å². The van der Waals surface area contributed by atoms with Crippen LogP contribution in [-0.4, -0.2) is 33.6 Å². The normalized spacial score (nSPS) is 17.9. The van der Waals surface area contributed by atoms with Crippen molar-refractivity contribution in [2.45, 2.75) is 18.6 Å². The van der Waals surface area contributed by atoms with E-state index in [2.05, 4.69) is 10.2 Å². The molecule has 0 unspecified atom stereocenters. The largest absolute Gasteiger partial charge is 0.507 e. The number of nitrogens with two attached hydrogens (primary N) is 1. The standard InChI is InChI=1S/C19H18N4O3S/c1-12-6-2-4-8-14(12)23-17(25)10-16(18(23)26)27-19(20)22-21-11-13-7-3-5-9-15(13)24/h2-9,11,16,24H,10H2,1H3,(H2,20,22)/b21-11+/t16-/m1/s1. The van der Waals surface area contributed by atoms with Crippen molar-refractivity contribution in [2.75, 3.05) is 4.90 Å². The highest BCUT2D eigenvalue weighted by atomic mass is 32.2. The van der Waals surface area contributed by atoms with E-state index in [1.807, 2.05) is 19.1 Å². The van der Waals surface area contributed by atoms with Gasteiger partial charge in [0.1, 0.15) is 11.0 Å². The Morgan fingerprint density at radius 3 is 2.67 bits per heavy atom. The molecule has 7 nitrogen and oxygen atoms in total. The van der Waals surface area contributed by atoms with Crippen molar-refractivity contribution in [1.29, 1.82) is 0 Å². The van der Waals surface area contributed by atoms with Gasteiger partial charge in [-0.1, -0.05) is 42.1 Å². The van der Waals surface area contributed by atoms with Crippen molar-refractivity contribution < 1.29 is 14.7 Å². The number of thioether (sulfide) groups is 1. The number of anilines is 1. The fraction of sp³-hybridized carbons (Fsp3) is 0.158. The maximum atomic E-state index is 12.6. The summed E-state index contributed by atoms with van der Waals surface area (Å²) in [5.74, 6) is -0.507. The third kappa shape index (κ3) is 4.17. The molecule has 1 aliphatic rings. The van der Waals surface area contributed by atoms with Crippen molar-refractivity contribution in [3.05, 3.63) is 59.7 Å². The Kier molecular flexibility index (Phi) is 5.56. The van der Waals surface area contributed by atoms with Crippen molar-refractivity contribution in [3.63, 3.8) is 0 Å². The van der Waals surface area contributed by atoms with E-state index in [0.29, 0.717) is 11.3 Å². The van der Waals surface area contributed by atoms with Crippen LogP contribution in [-0.2, 0) is 9.59 Å². The molecule has 2 aromatic rings. The first kappa shape index (κ1) is 18.7. The lowest BCUT2D eigenvalue weighted by Crippen LogP contribution is -2.32. The third-order valence-electron chi connectivity index (χ3n) is 4.01. The minimum absolute atomic E-state index is 0.0528. The van der Waals surface area contributed by atoms with Crippen LogP contribution in [0.2, 0.25) is 0 Å². The molecule has 1 saturated heterocycles. The van der Waals surface area contributed by atoms with Gasteiger partial charge in [0, 0.05) is 12.0 Å². The molecule has 0 radical (unpaired) electrons. The van der Waals surface area contributed by atoms with Crippen LogP contribution in [0.5, 0.6) is 5.75 Å². The number of benzene rings is 2. The molecule has 0 aromatic heterocycles. The minimum atomic E-state index is -0.638. The molecule has 27 heavy (non-hydrogen) atoms. The monoisotopic (exact) mass is 382 g/mol. The zero-order chi connectivity index (χ0) is 19.4. The van der Waals surface area contributed by atoms with Crippen LogP contribution in [0.4, 0.5) is 5.69 Å². The quantitative estimate of drug-likeness (QED) is 0.365. The van der Waals surface area contributed by atoms with Gasteiger partial charge in [0.05, 0.1) is 11.9 Å². The van der Waals surface area contributed by atoms with Crippen LogP contribution in [0.3, 0.4) is 0 Å². The van der Waals surface area contributed by atoms with Gasteiger partial charge in [0.2, 0.25) is 11.8 Å². The molecule has 1 fully saturated rings. The van der Waals surface area contributed by atoms with E-state index in [4.69, 9.17) is 5.73 Å². The average Bonchev–Trinajstić information content (AvgIpc) is 2.91. The second-order valence-corrected chi connectivity index (χ2v) is 7.13. The number of aromatic hydroxyl groups is 1. The predicted molar refractivity (Wildman–Crippen MR) is 107 cm³/mol. The van der Waals surface area contributed by atoms with Gasteiger partial charge in [-0.05, 0) is 30.7 Å². The Hall–Kier alpha value is -3.13. The summed E-state index contributed by atoms with van der Waals surface area (Å²) in [5, 5.41) is 16.8. The van der Waals surface area contributed by atoms with E-state index in [0.717, 1.165) is 17.3 Å². The van der Waals surface area contributed by atoms with Crippen molar-refractivity contribution in [2.24, 2.45) is 15.9 Å². The van der Waals surface area contributed by atoms with Gasteiger partial charge in [0.25, 0.3) is 0 Å². The van der Waals surface area contributed by atoms with E-state index in [9.17, 15) is 14.7 Å². The number of carbonyl (C=O) groups is 2. The van der Waals surface area contributed by atoms with Crippen molar-refractivity contribution in [3.8, 4) is 5.75 Å². The molecule has 2 amide bonds. The Bertz CT molecular complexity index is 942. The Morgan fingerprint density at radius 1 is 1.22 bits per heavy atom. The summed E-state index contributed by atoms with van der Waals surface area (Å²) in [4.78, 5) is 26.2. The second kappa shape index (κ2) is 8.05. The van der Waals surface area contributed by atoms with Gasteiger partial charge in [-0.3, -0.25) is 9.59 Å². The summed E-state index contributed by atoms with van der Waals surface area (Å²) in [5.41, 5.74) is 7.76. The van der Waals surface area contributed by atoms with Gasteiger partial charge >= 0.3 is 0 Å². The van der Waals surface area contributed by atoms with E-state index >= 15 is 0 Å². The Balaban J connectivity index is 1.69. The number of hydrogen-bond donors (Lipinski definition) is 2. The molecular weight excluding hydrogens is 364 g/mol. The summed E-state index contributed by atoms with van der Waals surface area (Å²) in [7, 11) is 0. The number of nitrogens with zero attached hydrogens (tertiary/aromatic N) is 3. The molecule has 1 atom stereocenters. The number of amidine groups is 1. The van der Waals surface area contributed by atoms with Crippen LogP contribution in [0.25, 0.3) is 0 Å². The van der Waals surface area contributed by atoms with E-state index in [1.54, 1.807) is 30.3 Å². The summed E-state index contributed by atoms with van der Waals surface area (Å²) in [6.45, 7) is 1.85. The van der Waals surface area contributed by atoms with E-state index in [1.165, 1.54) is 17.2 Å². The molecule has 138 valence electrons. The number of carbonyl (C=O) groups excluding carboxylic acids is 2. The highest BCUT2D eigenvalue weighted by Crippen LogP contribution is 2.31. The summed E-state index contributed by atoms with van der Waals surface area (Å²) >= 11 is 1.00. The van der Waals surface area contributed by atoms with Gasteiger partial charge in [-0.15, -0.1) is 5.10 Å². The van der Waals surface area contributed by atoms with Gasteiger partial charge < -0.3 is 10.8 Å². The van der Waals surface area contributed by atoms with Crippen LogP contribution in [0, 0.1) is 6.92 Å². The lowest BCUT2D eigenvalue weighted by Gasteiger charge is -2.16. The fourth-order valence-electron chi connectivity index (χ4n) is 2.68. The van der Waals surface area contributed by atoms with Crippen LogP contribution in [0.15, 0.2) is 58.7 Å². The minimum Gasteiger partial charge on any atom is -0.507 e. The molecular formula is C19H18N4O3S. The topological polar surface area (TPSA) is 108 Å². The van der Waals surface area contributed by atoms with Crippen LogP contribution < -0.4 is 10.6 Å². The lowest BCUT2D eigenvalue weighted by atomic mass is 10.2. The van der Waals surface area contributed by atoms with Crippen molar-refractivity contribution >= 4 is 40.6 Å². The maximum Gasteiger partial charge on any atom is 0.247 e. The Morgan fingerprint density at radius 2 is 1.93 bits per heavy atom. The maximum absolute atomic E-state index is 12.6. The first-order valence-electron chi connectivity index (χ1n) is 8.21. The molecule has 8 heteroatoms. The van der Waals surface area contributed by atoms with Crippen molar-refractivity contribution in [1.82, 2.24) is 0 Å². The SMILES string of the molecule is Cc1ccccc1N1C(=O)C[C@@H](SC(N)=N/N=C/c2ccccc2O)C1=O. The van der Waals surface area contributed by atoms with Gasteiger partial charge in [-0.2, -0.15) is 5.10 Å². The number of rotatable bonds is 4. The van der Waals surface area contributed by atoms with Gasteiger partial charge in [-0.25, -0.2) is 4.90 Å². The molecule has 2 aromatic carbocycles. The first-order valence-corrected chi connectivity index (χ1v) is 9.09. The molecule has 0 aliphatic carbocycles. The predicted octanol–water partition coefficient (Wildman–Crippen LogP) is 2.41. The molecule has 1 aliphatic heterocycles. The average molecular weight is 382 g/mol. The number of amides is 2. The first-order chi connectivity index (χ1) is 13.0. The second-order valence-electron chi connectivity index (χ2n) is 5.91. The third-order valence-corrected chi connectivity index (χ3v) is 4.99. The highest BCUT2D eigenvalue weighted by Gasteiger charge is 2.41. The zero-order valence-corrected chi connectivity index (χ0v) is 15.4. The number of aryl methyl sites for hydroxylation is 1. The number of para-hydroxylation sites is 2. The number of imide groups is 1.